The first-order chi connectivity index (χ1) is 10.1. The van der Waals surface area contributed by atoms with Crippen LogP contribution in [0.5, 0.6) is 0 Å². The molecule has 0 radical (unpaired) electrons. The number of nitrogens with one attached hydrogen (secondary N) is 1. The first-order valence-electron chi connectivity index (χ1n) is 8.50. The molecule has 4 nitrogen and oxygen atoms in total. The van der Waals surface area contributed by atoms with Crippen LogP contribution in [-0.2, 0) is 4.79 Å². The molecule has 1 aliphatic heterocycles. The number of hydrogen-bond acceptors (Lipinski definition) is 3. The van der Waals surface area contributed by atoms with Crippen LogP contribution in [0.25, 0.3) is 0 Å². The summed E-state index contributed by atoms with van der Waals surface area (Å²) in [7, 11) is 0. The monoisotopic (exact) mass is 294 g/mol. The fourth-order valence-corrected chi connectivity index (χ4v) is 3.35. The van der Waals surface area contributed by atoms with E-state index in [0.29, 0.717) is 12.5 Å². The molecule has 1 fully saturated rings. The minimum Gasteiger partial charge on any atom is -0.393 e. The van der Waals surface area contributed by atoms with Crippen molar-refractivity contribution in [2.45, 2.75) is 58.0 Å². The van der Waals surface area contributed by atoms with Gasteiger partial charge in [0, 0.05) is 6.54 Å². The molecule has 2 aliphatic rings. The zero-order valence-electron chi connectivity index (χ0n) is 13.3. The van der Waals surface area contributed by atoms with Gasteiger partial charge in [-0.15, -0.1) is 0 Å². The number of likely N-dealkylation sites (tertiary alicyclic amines) is 1. The van der Waals surface area contributed by atoms with Crippen LogP contribution >= 0.6 is 0 Å². The van der Waals surface area contributed by atoms with E-state index in [1.807, 2.05) is 6.92 Å². The number of piperidine rings is 1. The van der Waals surface area contributed by atoms with E-state index in [1.54, 1.807) is 0 Å². The van der Waals surface area contributed by atoms with Crippen molar-refractivity contribution in [1.82, 2.24) is 10.2 Å². The summed E-state index contributed by atoms with van der Waals surface area (Å²) < 4.78 is 0. The molecular weight excluding hydrogens is 264 g/mol. The van der Waals surface area contributed by atoms with Gasteiger partial charge in [0.25, 0.3) is 0 Å². The number of carbonyl (C=O) groups excluding carboxylic acids is 1. The van der Waals surface area contributed by atoms with Gasteiger partial charge in [0.05, 0.1) is 12.6 Å². The van der Waals surface area contributed by atoms with E-state index in [-0.39, 0.29) is 12.0 Å². The SMILES string of the molecule is CC(O)C1CCN(CC(=O)NCCC2=CCCCC2)CC1. The van der Waals surface area contributed by atoms with Gasteiger partial charge < -0.3 is 10.4 Å². The van der Waals surface area contributed by atoms with Crippen molar-refractivity contribution in [3.05, 3.63) is 11.6 Å². The van der Waals surface area contributed by atoms with Crippen molar-refractivity contribution in [3.8, 4) is 0 Å². The predicted molar refractivity (Wildman–Crippen MR) is 85.0 cm³/mol. The summed E-state index contributed by atoms with van der Waals surface area (Å²) >= 11 is 0. The molecule has 1 amide bonds. The van der Waals surface area contributed by atoms with Crippen LogP contribution in [0.3, 0.4) is 0 Å². The van der Waals surface area contributed by atoms with Crippen LogP contribution in [0.15, 0.2) is 11.6 Å². The second-order valence-corrected chi connectivity index (χ2v) is 6.56. The highest BCUT2D eigenvalue weighted by Crippen LogP contribution is 2.20. The van der Waals surface area contributed by atoms with Crippen LogP contribution < -0.4 is 5.32 Å². The molecular formula is C17H30N2O2. The summed E-state index contributed by atoms with van der Waals surface area (Å²) in [6.07, 6.45) is 10.2. The predicted octanol–water partition coefficient (Wildman–Crippen LogP) is 2.09. The van der Waals surface area contributed by atoms with Gasteiger partial charge in [-0.25, -0.2) is 0 Å². The Hall–Kier alpha value is -0.870. The molecule has 120 valence electrons. The average molecular weight is 294 g/mol. The van der Waals surface area contributed by atoms with Crippen LogP contribution in [0.1, 0.15) is 51.9 Å². The normalized spacial score (nSPS) is 22.7. The Labute approximate surface area is 128 Å². The molecule has 2 N–H and O–H groups in total. The summed E-state index contributed by atoms with van der Waals surface area (Å²) in [5.74, 6) is 0.546. The van der Waals surface area contributed by atoms with Gasteiger partial charge in [-0.3, -0.25) is 9.69 Å². The Bertz CT molecular complexity index is 358. The number of rotatable bonds is 6. The van der Waals surface area contributed by atoms with Gasteiger partial charge in [0.15, 0.2) is 0 Å². The van der Waals surface area contributed by atoms with E-state index >= 15 is 0 Å². The molecule has 1 atom stereocenters. The summed E-state index contributed by atoms with van der Waals surface area (Å²) in [4.78, 5) is 14.1. The van der Waals surface area contributed by atoms with E-state index in [9.17, 15) is 9.90 Å². The molecule has 0 aromatic rings. The number of nitrogens with zero attached hydrogens (tertiary/aromatic N) is 1. The molecule has 0 aromatic carbocycles. The Morgan fingerprint density at radius 3 is 2.81 bits per heavy atom. The number of hydrogen-bond donors (Lipinski definition) is 2. The van der Waals surface area contributed by atoms with Crippen LogP contribution in [-0.4, -0.2) is 48.2 Å². The Kier molecular flexibility index (Phi) is 6.71. The fourth-order valence-electron chi connectivity index (χ4n) is 3.35. The third-order valence-corrected chi connectivity index (χ3v) is 4.83. The minimum atomic E-state index is -0.218. The molecule has 1 saturated heterocycles. The lowest BCUT2D eigenvalue weighted by Gasteiger charge is -2.32. The highest BCUT2D eigenvalue weighted by Gasteiger charge is 2.23. The average Bonchev–Trinajstić information content (AvgIpc) is 2.49. The van der Waals surface area contributed by atoms with E-state index in [0.717, 1.165) is 38.9 Å². The summed E-state index contributed by atoms with van der Waals surface area (Å²) in [5.41, 5.74) is 1.51. The topological polar surface area (TPSA) is 52.6 Å². The van der Waals surface area contributed by atoms with Gasteiger partial charge in [-0.2, -0.15) is 0 Å². The zero-order valence-corrected chi connectivity index (χ0v) is 13.3. The van der Waals surface area contributed by atoms with Gasteiger partial charge in [-0.1, -0.05) is 11.6 Å². The standard InChI is InChI=1S/C17H30N2O2/c1-14(20)16-8-11-19(12-9-16)13-17(21)18-10-7-15-5-3-2-4-6-15/h5,14,16,20H,2-4,6-13H2,1H3,(H,18,21). The minimum absolute atomic E-state index is 0.141. The van der Waals surface area contributed by atoms with Crippen molar-refractivity contribution in [1.29, 1.82) is 0 Å². The lowest BCUT2D eigenvalue weighted by Crippen LogP contribution is -2.43. The summed E-state index contributed by atoms with van der Waals surface area (Å²) in [6, 6.07) is 0. The molecule has 0 bridgehead atoms. The summed E-state index contributed by atoms with van der Waals surface area (Å²) in [6.45, 7) is 5.00. The molecule has 21 heavy (non-hydrogen) atoms. The van der Waals surface area contributed by atoms with Crippen molar-refractivity contribution >= 4 is 5.91 Å². The highest BCUT2D eigenvalue weighted by molar-refractivity contribution is 5.78. The van der Waals surface area contributed by atoms with E-state index < -0.39 is 0 Å². The van der Waals surface area contributed by atoms with Crippen molar-refractivity contribution in [3.63, 3.8) is 0 Å². The number of aliphatic hydroxyl groups excluding tert-OH is 1. The van der Waals surface area contributed by atoms with Crippen molar-refractivity contribution in [2.75, 3.05) is 26.2 Å². The first-order valence-corrected chi connectivity index (χ1v) is 8.50. The molecule has 4 heteroatoms. The maximum atomic E-state index is 11.9. The lowest BCUT2D eigenvalue weighted by atomic mass is 9.92. The maximum absolute atomic E-state index is 11.9. The molecule has 0 aromatic heterocycles. The van der Waals surface area contributed by atoms with E-state index in [2.05, 4.69) is 16.3 Å². The quantitative estimate of drug-likeness (QED) is 0.738. The van der Waals surface area contributed by atoms with E-state index in [4.69, 9.17) is 0 Å². The van der Waals surface area contributed by atoms with Crippen LogP contribution in [0.2, 0.25) is 0 Å². The Morgan fingerprint density at radius 1 is 1.43 bits per heavy atom. The second kappa shape index (κ2) is 8.54. The van der Waals surface area contributed by atoms with Crippen LogP contribution in [0, 0.1) is 5.92 Å². The summed E-state index contributed by atoms with van der Waals surface area (Å²) in [5, 5.41) is 12.6. The van der Waals surface area contributed by atoms with Gasteiger partial charge in [0.2, 0.25) is 5.91 Å². The maximum Gasteiger partial charge on any atom is 0.234 e. The first kappa shape index (κ1) is 16.5. The van der Waals surface area contributed by atoms with Gasteiger partial charge in [0.1, 0.15) is 0 Å². The Balaban J connectivity index is 1.58. The van der Waals surface area contributed by atoms with E-state index in [1.165, 1.54) is 31.3 Å². The largest absolute Gasteiger partial charge is 0.393 e. The third kappa shape index (κ3) is 5.79. The molecule has 0 saturated carbocycles. The number of allylic oxidation sites excluding steroid dienone is 1. The number of aliphatic hydroxyl groups is 1. The fraction of sp³-hybridized carbons (Fsp3) is 0.824. The molecule has 1 heterocycles. The second-order valence-electron chi connectivity index (χ2n) is 6.56. The van der Waals surface area contributed by atoms with Crippen molar-refractivity contribution in [2.24, 2.45) is 5.92 Å². The molecule has 2 rings (SSSR count). The smallest absolute Gasteiger partial charge is 0.234 e. The number of carbonyl (C=O) groups is 1. The molecule has 0 spiro atoms. The molecule has 1 unspecified atom stereocenters. The zero-order chi connectivity index (χ0) is 15.1. The van der Waals surface area contributed by atoms with Crippen LogP contribution in [0.4, 0.5) is 0 Å². The third-order valence-electron chi connectivity index (χ3n) is 4.83. The number of amides is 1. The van der Waals surface area contributed by atoms with Gasteiger partial charge in [-0.05, 0) is 70.9 Å². The molecule has 1 aliphatic carbocycles. The van der Waals surface area contributed by atoms with Crippen molar-refractivity contribution < 1.29 is 9.90 Å². The van der Waals surface area contributed by atoms with Gasteiger partial charge >= 0.3 is 0 Å². The Morgan fingerprint density at radius 2 is 2.19 bits per heavy atom. The highest BCUT2D eigenvalue weighted by atomic mass is 16.3. The lowest BCUT2D eigenvalue weighted by molar-refractivity contribution is -0.122.